The predicted octanol–water partition coefficient (Wildman–Crippen LogP) is 3.83. The molecule has 27 heavy (non-hydrogen) atoms. The third-order valence-corrected chi connectivity index (χ3v) is 3.79. The standard InChI is InChI=1S/C18H13F3N4O2/c1-2-27-16-7-14-13(6-11(16)18(19,20)21)25-17(26)8-12(24-14)10-4-3-5-23-15(10)9-22/h3-7H,2,8H2,1H3,(H,25,26). The van der Waals surface area contributed by atoms with E-state index in [1.54, 1.807) is 19.1 Å². The van der Waals surface area contributed by atoms with Crippen molar-refractivity contribution in [2.45, 2.75) is 19.5 Å². The number of amides is 1. The summed E-state index contributed by atoms with van der Waals surface area (Å²) >= 11 is 0. The molecule has 0 bridgehead atoms. The Kier molecular flexibility index (Phi) is 4.81. The summed E-state index contributed by atoms with van der Waals surface area (Å²) in [6.07, 6.45) is -3.43. The molecule has 0 unspecified atom stereocenters. The van der Waals surface area contributed by atoms with Crippen LogP contribution in [0.15, 0.2) is 35.5 Å². The fraction of sp³-hybridized carbons (Fsp3) is 0.222. The van der Waals surface area contributed by atoms with Crippen molar-refractivity contribution in [3.05, 3.63) is 47.3 Å². The topological polar surface area (TPSA) is 87.4 Å². The van der Waals surface area contributed by atoms with E-state index in [1.807, 2.05) is 6.07 Å². The maximum Gasteiger partial charge on any atom is 0.420 e. The minimum absolute atomic E-state index is 0.0337. The number of halogens is 3. The Morgan fingerprint density at radius 3 is 2.81 bits per heavy atom. The van der Waals surface area contributed by atoms with Crippen LogP contribution in [-0.4, -0.2) is 23.2 Å². The summed E-state index contributed by atoms with van der Waals surface area (Å²) in [5.41, 5.74) is -0.308. The van der Waals surface area contributed by atoms with Gasteiger partial charge in [0.2, 0.25) is 5.91 Å². The van der Waals surface area contributed by atoms with E-state index in [0.717, 1.165) is 12.1 Å². The minimum atomic E-state index is -4.65. The number of aliphatic imine (C=N–C) groups is 1. The fourth-order valence-corrected chi connectivity index (χ4v) is 2.67. The number of anilines is 1. The number of alkyl halides is 3. The minimum Gasteiger partial charge on any atom is -0.493 e. The number of carbonyl (C=O) groups is 1. The molecule has 1 aromatic carbocycles. The number of nitrogens with one attached hydrogen (secondary N) is 1. The first-order valence-corrected chi connectivity index (χ1v) is 7.94. The molecule has 1 aromatic heterocycles. The molecule has 0 atom stereocenters. The lowest BCUT2D eigenvalue weighted by Crippen LogP contribution is -2.16. The molecule has 2 heterocycles. The van der Waals surface area contributed by atoms with Gasteiger partial charge in [-0.25, -0.2) is 9.98 Å². The van der Waals surface area contributed by atoms with Crippen LogP contribution in [0.5, 0.6) is 5.75 Å². The number of rotatable bonds is 3. The first-order valence-electron chi connectivity index (χ1n) is 7.94. The molecule has 0 fully saturated rings. The number of benzene rings is 1. The fourth-order valence-electron chi connectivity index (χ4n) is 2.67. The number of pyridine rings is 1. The number of hydrogen-bond donors (Lipinski definition) is 1. The van der Waals surface area contributed by atoms with Crippen LogP contribution in [0.3, 0.4) is 0 Å². The van der Waals surface area contributed by atoms with Gasteiger partial charge >= 0.3 is 6.18 Å². The lowest BCUT2D eigenvalue weighted by molar-refractivity contribution is -0.138. The second-order valence-corrected chi connectivity index (χ2v) is 5.59. The predicted molar refractivity (Wildman–Crippen MR) is 91.0 cm³/mol. The molecule has 6 nitrogen and oxygen atoms in total. The van der Waals surface area contributed by atoms with Crippen LogP contribution in [0.1, 0.15) is 30.2 Å². The first kappa shape index (κ1) is 18.4. The molecule has 3 rings (SSSR count). The van der Waals surface area contributed by atoms with E-state index >= 15 is 0 Å². The van der Waals surface area contributed by atoms with Crippen molar-refractivity contribution in [1.29, 1.82) is 5.26 Å². The highest BCUT2D eigenvalue weighted by Gasteiger charge is 2.36. The van der Waals surface area contributed by atoms with Gasteiger partial charge in [-0.3, -0.25) is 4.79 Å². The molecule has 0 saturated carbocycles. The molecule has 2 aromatic rings. The quantitative estimate of drug-likeness (QED) is 0.884. The van der Waals surface area contributed by atoms with Gasteiger partial charge in [0, 0.05) is 17.8 Å². The molecule has 138 valence electrons. The molecule has 0 spiro atoms. The molecule has 0 saturated heterocycles. The maximum atomic E-state index is 13.3. The van der Waals surface area contributed by atoms with Gasteiger partial charge in [0.15, 0.2) is 0 Å². The molecule has 9 heteroatoms. The summed E-state index contributed by atoms with van der Waals surface area (Å²) in [5.74, 6) is -0.924. The van der Waals surface area contributed by atoms with E-state index in [9.17, 15) is 23.2 Å². The van der Waals surface area contributed by atoms with Gasteiger partial charge in [0.1, 0.15) is 17.5 Å². The average molecular weight is 374 g/mol. The highest BCUT2D eigenvalue weighted by atomic mass is 19.4. The van der Waals surface area contributed by atoms with Gasteiger partial charge < -0.3 is 10.1 Å². The number of carbonyl (C=O) groups excluding carboxylic acids is 1. The van der Waals surface area contributed by atoms with Crippen LogP contribution in [0.2, 0.25) is 0 Å². The lowest BCUT2D eigenvalue weighted by Gasteiger charge is -2.16. The Balaban J connectivity index is 2.20. The van der Waals surface area contributed by atoms with Crippen molar-refractivity contribution < 1.29 is 22.7 Å². The zero-order valence-corrected chi connectivity index (χ0v) is 14.1. The highest BCUT2D eigenvalue weighted by Crippen LogP contribution is 2.43. The van der Waals surface area contributed by atoms with Crippen LogP contribution in [0, 0.1) is 11.3 Å². The smallest absolute Gasteiger partial charge is 0.420 e. The first-order chi connectivity index (χ1) is 12.8. The van der Waals surface area contributed by atoms with E-state index in [2.05, 4.69) is 15.3 Å². The van der Waals surface area contributed by atoms with Crippen LogP contribution < -0.4 is 10.1 Å². The Morgan fingerprint density at radius 2 is 2.15 bits per heavy atom. The Bertz CT molecular complexity index is 978. The number of fused-ring (bicyclic) bond motifs is 1. The van der Waals surface area contributed by atoms with Gasteiger partial charge in [-0.2, -0.15) is 18.4 Å². The molecule has 0 radical (unpaired) electrons. The van der Waals surface area contributed by atoms with Gasteiger partial charge in [-0.05, 0) is 25.1 Å². The highest BCUT2D eigenvalue weighted by molar-refractivity contribution is 6.17. The molecule has 1 amide bonds. The number of ether oxygens (including phenoxy) is 1. The maximum absolute atomic E-state index is 13.3. The number of aromatic nitrogens is 1. The summed E-state index contributed by atoms with van der Waals surface area (Å²) in [7, 11) is 0. The summed E-state index contributed by atoms with van der Waals surface area (Å²) in [6, 6.07) is 7.02. The van der Waals surface area contributed by atoms with Crippen molar-refractivity contribution in [1.82, 2.24) is 4.98 Å². The van der Waals surface area contributed by atoms with Gasteiger partial charge in [-0.15, -0.1) is 0 Å². The van der Waals surface area contributed by atoms with Crippen LogP contribution >= 0.6 is 0 Å². The monoisotopic (exact) mass is 374 g/mol. The summed E-state index contributed by atoms with van der Waals surface area (Å²) in [5, 5.41) is 11.6. The van der Waals surface area contributed by atoms with Crippen molar-refractivity contribution in [2.75, 3.05) is 11.9 Å². The van der Waals surface area contributed by atoms with Crippen LogP contribution in [-0.2, 0) is 11.0 Å². The molecule has 1 aliphatic rings. The molecular formula is C18H13F3N4O2. The zero-order valence-electron chi connectivity index (χ0n) is 14.1. The van der Waals surface area contributed by atoms with Crippen molar-refractivity contribution in [2.24, 2.45) is 4.99 Å². The number of nitriles is 1. The Morgan fingerprint density at radius 1 is 1.37 bits per heavy atom. The van der Waals surface area contributed by atoms with Crippen molar-refractivity contribution in [3.63, 3.8) is 0 Å². The Hall–Kier alpha value is -3.41. The second kappa shape index (κ2) is 7.07. The Labute approximate surface area is 152 Å². The van der Waals surface area contributed by atoms with Crippen molar-refractivity contribution in [3.8, 4) is 11.8 Å². The van der Waals surface area contributed by atoms with Gasteiger partial charge in [-0.1, -0.05) is 0 Å². The number of nitrogens with zero attached hydrogens (tertiary/aromatic N) is 3. The largest absolute Gasteiger partial charge is 0.493 e. The van der Waals surface area contributed by atoms with E-state index in [1.165, 1.54) is 6.20 Å². The van der Waals surface area contributed by atoms with Crippen molar-refractivity contribution >= 4 is 23.0 Å². The van der Waals surface area contributed by atoms with Crippen LogP contribution in [0.4, 0.5) is 24.5 Å². The van der Waals surface area contributed by atoms with Crippen LogP contribution in [0.25, 0.3) is 0 Å². The summed E-state index contributed by atoms with van der Waals surface area (Å²) in [6.45, 7) is 1.60. The third kappa shape index (κ3) is 3.74. The molecule has 0 aliphatic carbocycles. The lowest BCUT2D eigenvalue weighted by atomic mass is 10.1. The molecule has 1 aliphatic heterocycles. The summed E-state index contributed by atoms with van der Waals surface area (Å²) in [4.78, 5) is 20.5. The zero-order chi connectivity index (χ0) is 19.6. The molecular weight excluding hydrogens is 361 g/mol. The van der Waals surface area contributed by atoms with Gasteiger partial charge in [0.25, 0.3) is 0 Å². The van der Waals surface area contributed by atoms with E-state index in [4.69, 9.17) is 4.74 Å². The SMILES string of the molecule is CCOc1cc2c(cc1C(F)(F)F)NC(=O)CC(c1cccnc1C#N)=N2. The van der Waals surface area contributed by atoms with E-state index in [0.29, 0.717) is 5.56 Å². The number of hydrogen-bond acceptors (Lipinski definition) is 5. The second-order valence-electron chi connectivity index (χ2n) is 5.59. The molecule has 1 N–H and O–H groups in total. The van der Waals surface area contributed by atoms with E-state index in [-0.39, 0.29) is 41.6 Å². The average Bonchev–Trinajstić information content (AvgIpc) is 2.78. The van der Waals surface area contributed by atoms with E-state index < -0.39 is 17.6 Å². The third-order valence-electron chi connectivity index (χ3n) is 3.79. The normalized spacial score (nSPS) is 13.7. The summed E-state index contributed by atoms with van der Waals surface area (Å²) < 4.78 is 45.0. The van der Waals surface area contributed by atoms with Gasteiger partial charge in [0.05, 0.1) is 35.7 Å².